The molecule has 3 aromatic carbocycles. The van der Waals surface area contributed by atoms with Gasteiger partial charge in [-0.25, -0.2) is 0 Å². The predicted molar refractivity (Wildman–Crippen MR) is 234 cm³/mol. The number of aliphatic hydroxyl groups is 1. The number of ketones is 2. The summed E-state index contributed by atoms with van der Waals surface area (Å²) in [5.41, 5.74) is 5.85. The third kappa shape index (κ3) is 14.8. The van der Waals surface area contributed by atoms with Crippen molar-refractivity contribution in [3.05, 3.63) is 119 Å². The summed E-state index contributed by atoms with van der Waals surface area (Å²) < 4.78 is 0. The standard InChI is InChI=1S/C26H32O2.C13H12O3.C13H22O.2Fe/c27-23-14-10-21(11-15-23)26(22-12-16-24(28)17-13-22)25(20-7-3-4-8-20)18-9-19-5-1-2-6-19;14-11-5-1-9(2-6-11)13(16)10-3-7-12(15)8-4-10;14-13(12-7-3-4-8-12)10-9-11-5-1-2-6-11;;/h10-17,19-20,27-28H,1-9,18H2;1-3,5-8,10,14-15H,4H2;11-12H,1-10H2;;. The van der Waals surface area contributed by atoms with Crippen molar-refractivity contribution in [2.24, 2.45) is 29.6 Å². The predicted octanol–water partition coefficient (Wildman–Crippen LogP) is 13.4. The summed E-state index contributed by atoms with van der Waals surface area (Å²) >= 11 is 0. The van der Waals surface area contributed by atoms with Crippen LogP contribution in [0.25, 0.3) is 5.57 Å². The van der Waals surface area contributed by atoms with E-state index in [1.165, 1.54) is 157 Å². The molecule has 0 spiro atoms. The van der Waals surface area contributed by atoms with E-state index in [0.29, 0.717) is 41.1 Å². The molecule has 1 atom stereocenters. The number of hydrogen-bond acceptors (Lipinski definition) is 6. The molecular formula is C52H66Fe2O6. The number of allylic oxidation sites excluding steroid dienone is 4. The normalized spacial score (nSPS) is 19.2. The largest absolute Gasteiger partial charge is 0.508 e. The van der Waals surface area contributed by atoms with Crippen LogP contribution in [-0.2, 0) is 38.9 Å². The quantitative estimate of drug-likeness (QED) is 0.106. The minimum atomic E-state index is -0.222. The van der Waals surface area contributed by atoms with Crippen LogP contribution < -0.4 is 0 Å². The van der Waals surface area contributed by atoms with Crippen molar-refractivity contribution < 1.29 is 64.2 Å². The van der Waals surface area contributed by atoms with Crippen LogP contribution in [0, 0.1) is 29.6 Å². The zero-order valence-corrected chi connectivity index (χ0v) is 37.4. The van der Waals surface area contributed by atoms with E-state index in [4.69, 9.17) is 10.2 Å². The Morgan fingerprint density at radius 1 is 0.500 bits per heavy atom. The molecule has 8 rings (SSSR count). The molecule has 1 unspecified atom stereocenters. The fraction of sp³-hybridized carbons (Fsp3) is 0.500. The Morgan fingerprint density at radius 2 is 0.900 bits per heavy atom. The van der Waals surface area contributed by atoms with Gasteiger partial charge in [-0.15, -0.1) is 0 Å². The number of benzene rings is 3. The second kappa shape index (κ2) is 25.4. The average molecular weight is 899 g/mol. The number of carbonyl (C=O) groups excluding carboxylic acids is 2. The third-order valence-electron chi connectivity index (χ3n) is 13.4. The molecule has 60 heavy (non-hydrogen) atoms. The van der Waals surface area contributed by atoms with E-state index in [0.717, 1.165) is 18.3 Å². The molecule has 4 fully saturated rings. The van der Waals surface area contributed by atoms with E-state index in [1.807, 2.05) is 24.3 Å². The monoisotopic (exact) mass is 898 g/mol. The van der Waals surface area contributed by atoms with Crippen LogP contribution in [0.3, 0.4) is 0 Å². The SMILES string of the molecule is O=C(CCC1CCCC1)C1CCCC1.O=C(c1ccc(O)cc1)C1C=CC(O)=CC1.Oc1ccc(C(=C(CCC2CCCC2)C2CCCC2)c2ccc(O)cc2)cc1.[Fe].[Fe]. The minimum absolute atomic E-state index is 0. The minimum Gasteiger partial charge on any atom is -0.508 e. The Hall–Kier alpha value is -3.54. The molecule has 6 nitrogen and oxygen atoms in total. The van der Waals surface area contributed by atoms with Crippen LogP contribution in [0.1, 0.15) is 156 Å². The summed E-state index contributed by atoms with van der Waals surface area (Å²) in [7, 11) is 0. The van der Waals surface area contributed by atoms with E-state index in [2.05, 4.69) is 0 Å². The number of Topliss-reactive ketones (excluding diaryl/α,β-unsaturated/α-hetero) is 2. The van der Waals surface area contributed by atoms with Gasteiger partial charge >= 0.3 is 0 Å². The number of carbonyl (C=O) groups is 2. The van der Waals surface area contributed by atoms with Crippen LogP contribution in [0.2, 0.25) is 0 Å². The molecule has 4 N–H and O–H groups in total. The van der Waals surface area contributed by atoms with Crippen LogP contribution in [0.4, 0.5) is 0 Å². The van der Waals surface area contributed by atoms with Crippen LogP contribution >= 0.6 is 0 Å². The summed E-state index contributed by atoms with van der Waals surface area (Å²) in [5.74, 6) is 4.22. The number of aliphatic hydroxyl groups excluding tert-OH is 1. The van der Waals surface area contributed by atoms with Crippen molar-refractivity contribution in [1.29, 1.82) is 0 Å². The van der Waals surface area contributed by atoms with Gasteiger partial charge in [0.1, 0.15) is 28.8 Å². The number of phenols is 3. The third-order valence-corrected chi connectivity index (χ3v) is 13.4. The summed E-state index contributed by atoms with van der Waals surface area (Å²) in [6, 6.07) is 21.5. The first kappa shape index (κ1) is 49.1. The van der Waals surface area contributed by atoms with Gasteiger partial charge in [0, 0.05) is 58.0 Å². The zero-order chi connectivity index (χ0) is 40.7. The molecule has 0 radical (unpaired) electrons. The summed E-state index contributed by atoms with van der Waals surface area (Å²) in [5, 5.41) is 37.8. The van der Waals surface area contributed by atoms with E-state index >= 15 is 0 Å². The van der Waals surface area contributed by atoms with Crippen molar-refractivity contribution in [3.63, 3.8) is 0 Å². The number of rotatable bonds is 12. The molecule has 0 saturated heterocycles. The molecule has 0 aromatic heterocycles. The smallest absolute Gasteiger partial charge is 0.170 e. The molecular weight excluding hydrogens is 832 g/mol. The van der Waals surface area contributed by atoms with Gasteiger partial charge in [0.05, 0.1) is 0 Å². The van der Waals surface area contributed by atoms with Crippen LogP contribution in [0.15, 0.2) is 102 Å². The maximum absolute atomic E-state index is 12.0. The number of phenolic OH excluding ortho intramolecular Hbond substituents is 3. The molecule has 4 saturated carbocycles. The number of aromatic hydroxyl groups is 3. The van der Waals surface area contributed by atoms with Crippen LogP contribution in [0.5, 0.6) is 17.2 Å². The van der Waals surface area contributed by atoms with Crippen molar-refractivity contribution >= 4 is 17.1 Å². The average Bonchev–Trinajstić information content (AvgIpc) is 4.10. The number of hydrogen-bond donors (Lipinski definition) is 4. The van der Waals surface area contributed by atoms with Crippen molar-refractivity contribution in [2.45, 2.75) is 135 Å². The van der Waals surface area contributed by atoms with E-state index < -0.39 is 0 Å². The van der Waals surface area contributed by atoms with Gasteiger partial charge in [0.25, 0.3) is 0 Å². The van der Waals surface area contributed by atoms with Gasteiger partial charge in [0.15, 0.2) is 5.78 Å². The first-order valence-corrected chi connectivity index (χ1v) is 22.5. The van der Waals surface area contributed by atoms with E-state index in [9.17, 15) is 19.8 Å². The van der Waals surface area contributed by atoms with Gasteiger partial charge in [-0.05, 0) is 147 Å². The van der Waals surface area contributed by atoms with Gasteiger partial charge in [-0.3, -0.25) is 9.59 Å². The van der Waals surface area contributed by atoms with Crippen molar-refractivity contribution in [2.75, 3.05) is 0 Å². The van der Waals surface area contributed by atoms with Gasteiger partial charge < -0.3 is 20.4 Å². The Labute approximate surface area is 380 Å². The zero-order valence-electron chi connectivity index (χ0n) is 35.2. The second-order valence-corrected chi connectivity index (χ2v) is 17.5. The molecule has 0 aliphatic heterocycles. The maximum atomic E-state index is 12.0. The molecule has 0 bridgehead atoms. The van der Waals surface area contributed by atoms with E-state index in [-0.39, 0.29) is 57.3 Å². The van der Waals surface area contributed by atoms with E-state index in [1.54, 1.807) is 54.1 Å². The molecule has 0 heterocycles. The van der Waals surface area contributed by atoms with Gasteiger partial charge in [-0.2, -0.15) is 0 Å². The Bertz CT molecular complexity index is 1790. The summed E-state index contributed by atoms with van der Waals surface area (Å²) in [4.78, 5) is 23.8. The van der Waals surface area contributed by atoms with Gasteiger partial charge in [0.2, 0.25) is 0 Å². The molecule has 3 aromatic rings. The Kier molecular flexibility index (Phi) is 20.8. The maximum Gasteiger partial charge on any atom is 0.170 e. The van der Waals surface area contributed by atoms with Crippen LogP contribution in [-0.4, -0.2) is 32.0 Å². The molecule has 5 aliphatic rings. The van der Waals surface area contributed by atoms with Crippen molar-refractivity contribution in [1.82, 2.24) is 0 Å². The fourth-order valence-corrected chi connectivity index (χ4v) is 10.0. The molecule has 0 amide bonds. The fourth-order valence-electron chi connectivity index (χ4n) is 10.0. The Balaban J connectivity index is 0.000000212. The second-order valence-electron chi connectivity index (χ2n) is 17.5. The first-order chi connectivity index (χ1) is 28.2. The molecule has 326 valence electrons. The first-order valence-electron chi connectivity index (χ1n) is 22.5. The molecule has 5 aliphatic carbocycles. The summed E-state index contributed by atoms with van der Waals surface area (Å²) in [6.07, 6.45) is 31.3. The molecule has 8 heteroatoms. The topological polar surface area (TPSA) is 115 Å². The van der Waals surface area contributed by atoms with Crippen molar-refractivity contribution in [3.8, 4) is 17.2 Å². The Morgan fingerprint density at radius 3 is 1.33 bits per heavy atom. The summed E-state index contributed by atoms with van der Waals surface area (Å²) in [6.45, 7) is 0. The van der Waals surface area contributed by atoms with Gasteiger partial charge in [-0.1, -0.05) is 113 Å².